The second kappa shape index (κ2) is 6.94. The fraction of sp³-hybridized carbons (Fsp3) is 0.588. The van der Waals surface area contributed by atoms with Gasteiger partial charge in [-0.1, -0.05) is 6.07 Å². The van der Waals surface area contributed by atoms with Crippen molar-refractivity contribution in [3.05, 3.63) is 29.3 Å². The van der Waals surface area contributed by atoms with E-state index in [9.17, 15) is 4.79 Å². The fourth-order valence-corrected chi connectivity index (χ4v) is 2.82. The zero-order valence-electron chi connectivity index (χ0n) is 13.5. The van der Waals surface area contributed by atoms with Gasteiger partial charge in [0.05, 0.1) is 13.0 Å². The first-order chi connectivity index (χ1) is 9.97. The molecule has 1 N–H and O–H groups in total. The number of aryl methyl sites for hydroxylation is 2. The van der Waals surface area contributed by atoms with Gasteiger partial charge in [0.15, 0.2) is 0 Å². The third-order valence-corrected chi connectivity index (χ3v) is 4.13. The Morgan fingerprint density at radius 3 is 2.62 bits per heavy atom. The fourth-order valence-electron chi connectivity index (χ4n) is 2.82. The molecule has 0 aliphatic carbocycles. The Hall–Kier alpha value is -1.55. The Bertz CT molecular complexity index is 481. The highest BCUT2D eigenvalue weighted by Crippen LogP contribution is 2.17. The van der Waals surface area contributed by atoms with Gasteiger partial charge in [-0.05, 0) is 51.0 Å². The Morgan fingerprint density at radius 2 is 1.95 bits per heavy atom. The van der Waals surface area contributed by atoms with Crippen molar-refractivity contribution in [3.63, 3.8) is 0 Å². The summed E-state index contributed by atoms with van der Waals surface area (Å²) >= 11 is 0. The molecule has 116 valence electrons. The van der Waals surface area contributed by atoms with Crippen LogP contribution >= 0.6 is 0 Å². The van der Waals surface area contributed by atoms with Crippen molar-refractivity contribution in [1.82, 2.24) is 10.2 Å². The highest BCUT2D eigenvalue weighted by molar-refractivity contribution is 5.76. The summed E-state index contributed by atoms with van der Waals surface area (Å²) in [5, 5.41) is 3.39. The van der Waals surface area contributed by atoms with Crippen molar-refractivity contribution in [2.24, 2.45) is 0 Å². The SMILES string of the molecule is Cc1cc(C)cc(OCCC(=O)N2CCNC(C)C2C)c1. The number of amides is 1. The highest BCUT2D eigenvalue weighted by Gasteiger charge is 2.27. The maximum absolute atomic E-state index is 12.3. The molecule has 1 aliphatic heterocycles. The number of piperazine rings is 1. The van der Waals surface area contributed by atoms with Gasteiger partial charge in [0.2, 0.25) is 5.91 Å². The summed E-state index contributed by atoms with van der Waals surface area (Å²) in [4.78, 5) is 14.3. The average molecular weight is 290 g/mol. The van der Waals surface area contributed by atoms with E-state index >= 15 is 0 Å². The molecule has 1 aliphatic rings. The van der Waals surface area contributed by atoms with Gasteiger partial charge in [-0.25, -0.2) is 0 Å². The van der Waals surface area contributed by atoms with Gasteiger partial charge in [0.25, 0.3) is 0 Å². The van der Waals surface area contributed by atoms with Crippen LogP contribution in [-0.4, -0.2) is 42.6 Å². The van der Waals surface area contributed by atoms with Crippen LogP contribution in [0.3, 0.4) is 0 Å². The molecule has 0 aromatic heterocycles. The molecule has 1 amide bonds. The molecule has 1 aromatic carbocycles. The van der Waals surface area contributed by atoms with Gasteiger partial charge < -0.3 is 15.0 Å². The zero-order chi connectivity index (χ0) is 15.4. The molecule has 4 nitrogen and oxygen atoms in total. The third-order valence-electron chi connectivity index (χ3n) is 4.13. The minimum Gasteiger partial charge on any atom is -0.493 e. The third kappa shape index (κ3) is 4.21. The van der Waals surface area contributed by atoms with Gasteiger partial charge in [-0.15, -0.1) is 0 Å². The Labute approximate surface area is 127 Å². The molecule has 0 spiro atoms. The van der Waals surface area contributed by atoms with E-state index in [1.807, 2.05) is 17.0 Å². The van der Waals surface area contributed by atoms with E-state index in [-0.39, 0.29) is 11.9 Å². The lowest BCUT2D eigenvalue weighted by Crippen LogP contribution is -2.57. The van der Waals surface area contributed by atoms with E-state index in [1.165, 1.54) is 11.1 Å². The molecular formula is C17H26N2O2. The normalized spacial score (nSPS) is 22.2. The van der Waals surface area contributed by atoms with Crippen LogP contribution in [0.25, 0.3) is 0 Å². The van der Waals surface area contributed by atoms with Crippen LogP contribution in [-0.2, 0) is 4.79 Å². The van der Waals surface area contributed by atoms with Crippen molar-refractivity contribution in [3.8, 4) is 5.75 Å². The molecule has 0 radical (unpaired) electrons. The largest absolute Gasteiger partial charge is 0.493 e. The molecule has 1 saturated heterocycles. The average Bonchev–Trinajstić information content (AvgIpc) is 2.40. The lowest BCUT2D eigenvalue weighted by atomic mass is 10.1. The second-order valence-corrected chi connectivity index (χ2v) is 5.99. The molecule has 21 heavy (non-hydrogen) atoms. The van der Waals surface area contributed by atoms with E-state index in [0.29, 0.717) is 19.1 Å². The van der Waals surface area contributed by atoms with E-state index in [0.717, 1.165) is 18.8 Å². The first-order valence-electron chi connectivity index (χ1n) is 7.71. The molecule has 1 fully saturated rings. The van der Waals surface area contributed by atoms with Crippen LogP contribution in [0.1, 0.15) is 31.4 Å². The first-order valence-corrected chi connectivity index (χ1v) is 7.71. The van der Waals surface area contributed by atoms with Crippen LogP contribution in [0.5, 0.6) is 5.75 Å². The Balaban J connectivity index is 1.84. The van der Waals surface area contributed by atoms with E-state index < -0.39 is 0 Å². The monoisotopic (exact) mass is 290 g/mol. The van der Waals surface area contributed by atoms with Crippen molar-refractivity contribution >= 4 is 5.91 Å². The maximum atomic E-state index is 12.3. The lowest BCUT2D eigenvalue weighted by Gasteiger charge is -2.38. The topological polar surface area (TPSA) is 41.6 Å². The van der Waals surface area contributed by atoms with Gasteiger partial charge in [0, 0.05) is 25.2 Å². The summed E-state index contributed by atoms with van der Waals surface area (Å²) in [7, 11) is 0. The van der Waals surface area contributed by atoms with Gasteiger partial charge in [0.1, 0.15) is 5.75 Å². The van der Waals surface area contributed by atoms with E-state index in [2.05, 4.69) is 39.1 Å². The number of nitrogens with zero attached hydrogens (tertiary/aromatic N) is 1. The van der Waals surface area contributed by atoms with Crippen molar-refractivity contribution in [1.29, 1.82) is 0 Å². The number of rotatable bonds is 4. The molecule has 1 heterocycles. The number of carbonyl (C=O) groups excluding carboxylic acids is 1. The Morgan fingerprint density at radius 1 is 1.29 bits per heavy atom. The van der Waals surface area contributed by atoms with E-state index in [1.54, 1.807) is 0 Å². The van der Waals surface area contributed by atoms with Crippen LogP contribution in [0.4, 0.5) is 0 Å². The van der Waals surface area contributed by atoms with Gasteiger partial charge in [-0.2, -0.15) is 0 Å². The predicted octanol–water partition coefficient (Wildman–Crippen LogP) is 2.28. The minimum absolute atomic E-state index is 0.181. The summed E-state index contributed by atoms with van der Waals surface area (Å²) < 4.78 is 5.73. The quantitative estimate of drug-likeness (QED) is 0.925. The maximum Gasteiger partial charge on any atom is 0.226 e. The molecule has 2 unspecified atom stereocenters. The minimum atomic E-state index is 0.181. The van der Waals surface area contributed by atoms with Crippen LogP contribution in [0.15, 0.2) is 18.2 Å². The Kier molecular flexibility index (Phi) is 5.23. The van der Waals surface area contributed by atoms with Crippen molar-refractivity contribution < 1.29 is 9.53 Å². The van der Waals surface area contributed by atoms with Crippen LogP contribution in [0.2, 0.25) is 0 Å². The predicted molar refractivity (Wildman–Crippen MR) is 84.7 cm³/mol. The molecular weight excluding hydrogens is 264 g/mol. The number of benzene rings is 1. The number of ether oxygens (including phenoxy) is 1. The molecule has 0 saturated carbocycles. The molecule has 0 bridgehead atoms. The van der Waals surface area contributed by atoms with Gasteiger partial charge >= 0.3 is 0 Å². The van der Waals surface area contributed by atoms with Crippen molar-refractivity contribution in [2.75, 3.05) is 19.7 Å². The molecule has 1 aromatic rings. The highest BCUT2D eigenvalue weighted by atomic mass is 16.5. The summed E-state index contributed by atoms with van der Waals surface area (Å²) in [6.45, 7) is 10.4. The number of carbonyl (C=O) groups is 1. The summed E-state index contributed by atoms with van der Waals surface area (Å²) in [6.07, 6.45) is 0.435. The summed E-state index contributed by atoms with van der Waals surface area (Å²) in [5.74, 6) is 1.03. The molecule has 2 atom stereocenters. The standard InChI is InChI=1S/C17H26N2O2/c1-12-9-13(2)11-16(10-12)21-8-5-17(20)19-7-6-18-14(3)15(19)4/h9-11,14-15,18H,5-8H2,1-4H3. The van der Waals surface area contributed by atoms with E-state index in [4.69, 9.17) is 4.74 Å². The lowest BCUT2D eigenvalue weighted by molar-refractivity contribution is -0.135. The second-order valence-electron chi connectivity index (χ2n) is 5.99. The first kappa shape index (κ1) is 15.8. The summed E-state index contributed by atoms with van der Waals surface area (Å²) in [6, 6.07) is 6.72. The van der Waals surface area contributed by atoms with Gasteiger partial charge in [-0.3, -0.25) is 4.79 Å². The van der Waals surface area contributed by atoms with Crippen LogP contribution in [0, 0.1) is 13.8 Å². The zero-order valence-corrected chi connectivity index (χ0v) is 13.5. The number of hydrogen-bond acceptors (Lipinski definition) is 3. The smallest absolute Gasteiger partial charge is 0.226 e. The molecule has 4 heteroatoms. The number of hydrogen-bond donors (Lipinski definition) is 1. The molecule has 2 rings (SSSR count). The van der Waals surface area contributed by atoms with Crippen LogP contribution < -0.4 is 10.1 Å². The van der Waals surface area contributed by atoms with Crippen molar-refractivity contribution in [2.45, 2.75) is 46.2 Å². The summed E-state index contributed by atoms with van der Waals surface area (Å²) in [5.41, 5.74) is 2.36. The number of nitrogens with one attached hydrogen (secondary N) is 1.